The van der Waals surface area contributed by atoms with E-state index in [1.165, 1.54) is 11.6 Å². The average Bonchev–Trinajstić information content (AvgIpc) is 3.51. The van der Waals surface area contributed by atoms with Crippen LogP contribution in [0.3, 0.4) is 0 Å². The highest BCUT2D eigenvalue weighted by atomic mass is 19.1. The summed E-state index contributed by atoms with van der Waals surface area (Å²) in [6.07, 6.45) is 3.70. The number of hydrogen-bond donors (Lipinski definition) is 1. The lowest BCUT2D eigenvalue weighted by Gasteiger charge is -2.25. The molecule has 1 aliphatic carbocycles. The van der Waals surface area contributed by atoms with E-state index in [0.717, 1.165) is 31.4 Å². The van der Waals surface area contributed by atoms with Gasteiger partial charge in [0.15, 0.2) is 0 Å². The maximum absolute atomic E-state index is 14.0. The Balaban J connectivity index is 1.52. The van der Waals surface area contributed by atoms with E-state index in [2.05, 4.69) is 5.32 Å². The molecule has 0 radical (unpaired) electrons. The van der Waals surface area contributed by atoms with Crippen LogP contribution in [-0.4, -0.2) is 30.1 Å². The van der Waals surface area contributed by atoms with Crippen LogP contribution in [0.5, 0.6) is 5.75 Å². The molecule has 3 rings (SSSR count). The van der Waals surface area contributed by atoms with E-state index in [1.54, 1.807) is 30.2 Å². The summed E-state index contributed by atoms with van der Waals surface area (Å²) in [7, 11) is 1.65. The molecule has 2 aromatic rings. The summed E-state index contributed by atoms with van der Waals surface area (Å²) >= 11 is 0. The number of nitrogens with zero attached hydrogens (tertiary/aromatic N) is 1. The van der Waals surface area contributed by atoms with Crippen molar-refractivity contribution in [3.05, 3.63) is 65.5 Å². The highest BCUT2D eigenvalue weighted by Gasteiger charge is 2.33. The molecule has 0 spiro atoms. The van der Waals surface area contributed by atoms with Gasteiger partial charge in [-0.25, -0.2) is 9.18 Å². The molecule has 1 aliphatic rings. The van der Waals surface area contributed by atoms with Crippen LogP contribution in [0.2, 0.25) is 0 Å². The SMILES string of the molecule is COc1ccc(CCC(C)NC(=O)N(Cc2ccccc2F)C2CC2)cc1. The van der Waals surface area contributed by atoms with E-state index < -0.39 is 0 Å². The molecule has 4 nitrogen and oxygen atoms in total. The Hall–Kier alpha value is -2.56. The Morgan fingerprint density at radius 3 is 2.56 bits per heavy atom. The molecule has 1 unspecified atom stereocenters. The van der Waals surface area contributed by atoms with Gasteiger partial charge < -0.3 is 15.0 Å². The van der Waals surface area contributed by atoms with Crippen molar-refractivity contribution < 1.29 is 13.9 Å². The number of carbonyl (C=O) groups is 1. The first-order chi connectivity index (χ1) is 13.1. The summed E-state index contributed by atoms with van der Waals surface area (Å²) in [4.78, 5) is 14.5. The maximum Gasteiger partial charge on any atom is 0.318 e. The van der Waals surface area contributed by atoms with Crippen LogP contribution in [0.15, 0.2) is 48.5 Å². The van der Waals surface area contributed by atoms with Gasteiger partial charge in [-0.3, -0.25) is 0 Å². The van der Waals surface area contributed by atoms with Crippen LogP contribution in [0.4, 0.5) is 9.18 Å². The van der Waals surface area contributed by atoms with Crippen molar-refractivity contribution in [2.24, 2.45) is 0 Å². The lowest BCUT2D eigenvalue weighted by molar-refractivity contribution is 0.187. The smallest absolute Gasteiger partial charge is 0.318 e. The third-order valence-electron chi connectivity index (χ3n) is 4.94. The van der Waals surface area contributed by atoms with E-state index >= 15 is 0 Å². The fourth-order valence-electron chi connectivity index (χ4n) is 3.10. The number of hydrogen-bond acceptors (Lipinski definition) is 2. The normalized spacial score (nSPS) is 14.5. The summed E-state index contributed by atoms with van der Waals surface area (Å²) < 4.78 is 19.1. The second-order valence-corrected chi connectivity index (χ2v) is 7.19. The van der Waals surface area contributed by atoms with Gasteiger partial charge in [0, 0.05) is 17.6 Å². The Morgan fingerprint density at radius 2 is 1.93 bits per heavy atom. The van der Waals surface area contributed by atoms with E-state index in [-0.39, 0.29) is 23.9 Å². The molecule has 0 heterocycles. The highest BCUT2D eigenvalue weighted by Crippen LogP contribution is 2.29. The molecule has 0 aliphatic heterocycles. The number of halogens is 1. The molecule has 0 aromatic heterocycles. The quantitative estimate of drug-likeness (QED) is 0.742. The highest BCUT2D eigenvalue weighted by molar-refractivity contribution is 5.75. The fourth-order valence-corrected chi connectivity index (χ4v) is 3.10. The van der Waals surface area contributed by atoms with Crippen molar-refractivity contribution >= 4 is 6.03 Å². The van der Waals surface area contributed by atoms with Crippen LogP contribution in [0.25, 0.3) is 0 Å². The molecule has 5 heteroatoms. The summed E-state index contributed by atoms with van der Waals surface area (Å²) in [5, 5.41) is 3.07. The molecule has 1 atom stereocenters. The van der Waals surface area contributed by atoms with Gasteiger partial charge >= 0.3 is 6.03 Å². The van der Waals surface area contributed by atoms with Crippen molar-refractivity contribution in [1.29, 1.82) is 0 Å². The van der Waals surface area contributed by atoms with Gasteiger partial charge in [0.2, 0.25) is 0 Å². The second-order valence-electron chi connectivity index (χ2n) is 7.19. The van der Waals surface area contributed by atoms with Crippen molar-refractivity contribution in [3.8, 4) is 5.75 Å². The van der Waals surface area contributed by atoms with Gasteiger partial charge in [-0.2, -0.15) is 0 Å². The van der Waals surface area contributed by atoms with E-state index in [4.69, 9.17) is 4.74 Å². The lowest BCUT2D eigenvalue weighted by atomic mass is 10.1. The van der Waals surface area contributed by atoms with Gasteiger partial charge in [-0.1, -0.05) is 30.3 Å². The number of methoxy groups -OCH3 is 1. The molecular formula is C22H27FN2O2. The summed E-state index contributed by atoms with van der Waals surface area (Å²) in [5.74, 6) is 0.580. The number of urea groups is 1. The zero-order valence-corrected chi connectivity index (χ0v) is 16.0. The van der Waals surface area contributed by atoms with Crippen molar-refractivity contribution in [1.82, 2.24) is 10.2 Å². The first-order valence-corrected chi connectivity index (χ1v) is 9.50. The number of rotatable bonds is 8. The number of carbonyl (C=O) groups excluding carboxylic acids is 1. The first-order valence-electron chi connectivity index (χ1n) is 9.50. The Kier molecular flexibility index (Phi) is 6.32. The Labute approximate surface area is 160 Å². The zero-order chi connectivity index (χ0) is 19.2. The topological polar surface area (TPSA) is 41.6 Å². The largest absolute Gasteiger partial charge is 0.497 e. The zero-order valence-electron chi connectivity index (χ0n) is 16.0. The van der Waals surface area contributed by atoms with Crippen LogP contribution >= 0.6 is 0 Å². The van der Waals surface area contributed by atoms with Gasteiger partial charge in [0.05, 0.1) is 13.7 Å². The summed E-state index contributed by atoms with van der Waals surface area (Å²) in [6.45, 7) is 2.32. The fraction of sp³-hybridized carbons (Fsp3) is 0.409. The van der Waals surface area contributed by atoms with E-state index in [9.17, 15) is 9.18 Å². The lowest BCUT2D eigenvalue weighted by Crippen LogP contribution is -2.44. The molecule has 0 saturated heterocycles. The predicted molar refractivity (Wildman–Crippen MR) is 104 cm³/mol. The minimum absolute atomic E-state index is 0.0430. The van der Waals surface area contributed by atoms with Crippen LogP contribution < -0.4 is 10.1 Å². The summed E-state index contributed by atoms with van der Waals surface area (Å²) in [6, 6.07) is 14.8. The number of ether oxygens (including phenoxy) is 1. The van der Waals surface area contributed by atoms with Gasteiger partial charge in [0.1, 0.15) is 11.6 Å². The second kappa shape index (κ2) is 8.89. The third kappa shape index (κ3) is 5.46. The Morgan fingerprint density at radius 1 is 1.22 bits per heavy atom. The molecule has 27 heavy (non-hydrogen) atoms. The number of benzene rings is 2. The van der Waals surface area contributed by atoms with Crippen molar-refractivity contribution in [2.45, 2.75) is 51.2 Å². The molecule has 144 valence electrons. The standard InChI is InChI=1S/C22H27FN2O2/c1-16(7-8-17-9-13-20(27-2)14-10-17)24-22(26)25(19-11-12-19)15-18-5-3-4-6-21(18)23/h3-6,9-10,13-14,16,19H,7-8,11-12,15H2,1-2H3,(H,24,26). The van der Waals surface area contributed by atoms with Crippen molar-refractivity contribution in [3.63, 3.8) is 0 Å². The minimum Gasteiger partial charge on any atom is -0.497 e. The minimum atomic E-state index is -0.261. The number of amides is 2. The number of nitrogens with one attached hydrogen (secondary N) is 1. The Bertz CT molecular complexity index is 759. The van der Waals surface area contributed by atoms with Gasteiger partial charge in [-0.05, 0) is 56.4 Å². The molecule has 1 N–H and O–H groups in total. The van der Waals surface area contributed by atoms with Crippen molar-refractivity contribution in [2.75, 3.05) is 7.11 Å². The van der Waals surface area contributed by atoms with E-state index in [1.807, 2.05) is 31.2 Å². The van der Waals surface area contributed by atoms with Gasteiger partial charge in [0.25, 0.3) is 0 Å². The van der Waals surface area contributed by atoms with Crippen LogP contribution in [0.1, 0.15) is 37.3 Å². The number of aryl methyl sites for hydroxylation is 1. The van der Waals surface area contributed by atoms with Crippen LogP contribution in [0, 0.1) is 5.82 Å². The molecule has 2 aromatic carbocycles. The molecule has 1 fully saturated rings. The molecule has 2 amide bonds. The monoisotopic (exact) mass is 370 g/mol. The predicted octanol–water partition coefficient (Wildman–Crippen LogP) is 4.53. The molecule has 1 saturated carbocycles. The van der Waals surface area contributed by atoms with Gasteiger partial charge in [-0.15, -0.1) is 0 Å². The third-order valence-corrected chi connectivity index (χ3v) is 4.94. The van der Waals surface area contributed by atoms with Crippen LogP contribution in [-0.2, 0) is 13.0 Å². The first kappa shape index (κ1) is 19.2. The maximum atomic E-state index is 14.0. The summed E-state index contributed by atoms with van der Waals surface area (Å²) in [5.41, 5.74) is 1.77. The van der Waals surface area contributed by atoms with E-state index in [0.29, 0.717) is 12.1 Å². The molecular weight excluding hydrogens is 343 g/mol. The average molecular weight is 370 g/mol. The molecule has 0 bridgehead atoms.